The van der Waals surface area contributed by atoms with E-state index in [2.05, 4.69) is 0 Å². The largest absolute Gasteiger partial charge is 0.492 e. The van der Waals surface area contributed by atoms with Crippen molar-refractivity contribution in [3.8, 4) is 17.2 Å². The summed E-state index contributed by atoms with van der Waals surface area (Å²) in [6, 6.07) is 1.14. The summed E-state index contributed by atoms with van der Waals surface area (Å²) in [6.07, 6.45) is 1.85. The van der Waals surface area contributed by atoms with Gasteiger partial charge in [-0.3, -0.25) is 10.1 Å². The van der Waals surface area contributed by atoms with E-state index in [4.69, 9.17) is 19.3 Å². The van der Waals surface area contributed by atoms with Crippen LogP contribution in [0.2, 0.25) is 0 Å². The van der Waals surface area contributed by atoms with E-state index in [1.54, 1.807) is 0 Å². The van der Waals surface area contributed by atoms with Crippen molar-refractivity contribution >= 4 is 17.7 Å². The van der Waals surface area contributed by atoms with Crippen molar-refractivity contribution in [3.63, 3.8) is 0 Å². The predicted molar refractivity (Wildman–Crippen MR) is 69.4 cm³/mol. The van der Waals surface area contributed by atoms with Gasteiger partial charge in [0.2, 0.25) is 5.75 Å². The Balaban J connectivity index is 3.66. The molecule has 0 atom stereocenters. The van der Waals surface area contributed by atoms with Crippen LogP contribution in [-0.4, -0.2) is 37.3 Å². The molecule has 0 aromatic heterocycles. The first-order valence-corrected chi connectivity index (χ1v) is 5.34. The first kappa shape index (κ1) is 15.3. The predicted octanol–water partition coefficient (Wildman–Crippen LogP) is 1.72. The second kappa shape index (κ2) is 6.41. The maximum atomic E-state index is 11.1. The molecule has 0 unspecified atom stereocenters. The van der Waals surface area contributed by atoms with E-state index in [1.807, 2.05) is 0 Å². The number of benzene rings is 1. The molecule has 0 aliphatic carbocycles. The average molecular weight is 283 g/mol. The topological polar surface area (TPSA) is 108 Å². The maximum Gasteiger partial charge on any atom is 0.328 e. The van der Waals surface area contributed by atoms with Gasteiger partial charge in [-0.15, -0.1) is 0 Å². The number of hydrogen-bond acceptors (Lipinski definition) is 6. The molecule has 0 saturated carbocycles. The Labute approximate surface area is 114 Å². The molecule has 0 bridgehead atoms. The van der Waals surface area contributed by atoms with E-state index in [1.165, 1.54) is 21.3 Å². The van der Waals surface area contributed by atoms with Gasteiger partial charge in [-0.25, -0.2) is 4.79 Å². The molecule has 0 fully saturated rings. The van der Waals surface area contributed by atoms with Crippen LogP contribution in [0.25, 0.3) is 6.08 Å². The molecule has 0 spiro atoms. The summed E-state index contributed by atoms with van der Waals surface area (Å²) in [5, 5.41) is 19.7. The Hall–Kier alpha value is -2.77. The molecular weight excluding hydrogens is 270 g/mol. The van der Waals surface area contributed by atoms with Crippen LogP contribution in [0.4, 0.5) is 5.69 Å². The van der Waals surface area contributed by atoms with Gasteiger partial charge < -0.3 is 19.3 Å². The summed E-state index contributed by atoms with van der Waals surface area (Å²) >= 11 is 0. The van der Waals surface area contributed by atoms with Gasteiger partial charge in [0.15, 0.2) is 11.5 Å². The average Bonchev–Trinajstić information content (AvgIpc) is 2.42. The second-order valence-corrected chi connectivity index (χ2v) is 3.51. The first-order valence-electron chi connectivity index (χ1n) is 5.34. The highest BCUT2D eigenvalue weighted by Crippen LogP contribution is 2.45. The van der Waals surface area contributed by atoms with E-state index in [-0.39, 0.29) is 28.5 Å². The summed E-state index contributed by atoms with van der Waals surface area (Å²) in [5.41, 5.74) is -0.366. The molecule has 1 aromatic rings. The van der Waals surface area contributed by atoms with Gasteiger partial charge in [0, 0.05) is 6.08 Å². The van der Waals surface area contributed by atoms with Gasteiger partial charge in [-0.05, 0) is 6.08 Å². The quantitative estimate of drug-likeness (QED) is 0.481. The highest BCUT2D eigenvalue weighted by Gasteiger charge is 2.25. The summed E-state index contributed by atoms with van der Waals surface area (Å²) in [4.78, 5) is 21.0. The Morgan fingerprint density at radius 1 is 1.25 bits per heavy atom. The third-order valence-electron chi connectivity index (χ3n) is 2.44. The van der Waals surface area contributed by atoms with E-state index in [0.717, 1.165) is 18.2 Å². The fourth-order valence-electron chi connectivity index (χ4n) is 1.63. The molecule has 108 valence electrons. The Kier molecular flexibility index (Phi) is 4.90. The lowest BCUT2D eigenvalue weighted by Gasteiger charge is -2.14. The summed E-state index contributed by atoms with van der Waals surface area (Å²) < 4.78 is 15.2. The van der Waals surface area contributed by atoms with Gasteiger partial charge in [0.25, 0.3) is 5.69 Å². The zero-order valence-corrected chi connectivity index (χ0v) is 11.1. The van der Waals surface area contributed by atoms with E-state index in [0.29, 0.717) is 0 Å². The normalized spacial score (nSPS) is 10.3. The molecule has 0 aliphatic heterocycles. The van der Waals surface area contributed by atoms with Gasteiger partial charge >= 0.3 is 5.97 Å². The van der Waals surface area contributed by atoms with Crippen LogP contribution < -0.4 is 14.2 Å². The van der Waals surface area contributed by atoms with E-state index in [9.17, 15) is 14.9 Å². The minimum absolute atomic E-state index is 0.0162. The van der Waals surface area contributed by atoms with Gasteiger partial charge in [0.1, 0.15) is 0 Å². The van der Waals surface area contributed by atoms with Crippen molar-refractivity contribution in [2.75, 3.05) is 21.3 Å². The third-order valence-corrected chi connectivity index (χ3v) is 2.44. The molecule has 0 radical (unpaired) electrons. The number of ether oxygens (including phenoxy) is 3. The SMILES string of the molecule is COc1cc([N+](=O)[O-])c(C=CC(=O)O)c(OC)c1OC. The number of nitro benzene ring substituents is 1. The summed E-state index contributed by atoms with van der Waals surface area (Å²) in [6.45, 7) is 0. The number of nitrogens with zero attached hydrogens (tertiary/aromatic N) is 1. The lowest BCUT2D eigenvalue weighted by Crippen LogP contribution is -2.01. The molecule has 1 aromatic carbocycles. The minimum atomic E-state index is -1.24. The fourth-order valence-corrected chi connectivity index (χ4v) is 1.63. The molecule has 1 N–H and O–H groups in total. The molecular formula is C12H13NO7. The first-order chi connectivity index (χ1) is 9.46. The molecule has 0 aliphatic rings. The standard InChI is InChI=1S/C12H13NO7/c1-18-9-6-8(13(16)17)7(4-5-10(14)15)11(19-2)12(9)20-3/h4-6H,1-3H3,(H,14,15). The van der Waals surface area contributed by atoms with E-state index >= 15 is 0 Å². The molecule has 8 heteroatoms. The zero-order chi connectivity index (χ0) is 15.3. The van der Waals surface area contributed by atoms with Gasteiger partial charge in [-0.2, -0.15) is 0 Å². The van der Waals surface area contributed by atoms with Crippen LogP contribution >= 0.6 is 0 Å². The third kappa shape index (κ3) is 2.97. The Bertz CT molecular complexity index is 565. The van der Waals surface area contributed by atoms with Crippen LogP contribution in [-0.2, 0) is 4.79 Å². The molecule has 0 heterocycles. The minimum Gasteiger partial charge on any atom is -0.492 e. The number of carboxylic acid groups (broad SMARTS) is 1. The van der Waals surface area contributed by atoms with Crippen molar-refractivity contribution < 1.29 is 29.0 Å². The van der Waals surface area contributed by atoms with Crippen LogP contribution in [0.15, 0.2) is 12.1 Å². The van der Waals surface area contributed by atoms with Crippen molar-refractivity contribution in [1.82, 2.24) is 0 Å². The molecule has 0 amide bonds. The number of rotatable bonds is 6. The van der Waals surface area contributed by atoms with Crippen LogP contribution in [0.3, 0.4) is 0 Å². The van der Waals surface area contributed by atoms with Crippen LogP contribution in [0.1, 0.15) is 5.56 Å². The second-order valence-electron chi connectivity index (χ2n) is 3.51. The maximum absolute atomic E-state index is 11.1. The smallest absolute Gasteiger partial charge is 0.328 e. The fraction of sp³-hybridized carbons (Fsp3) is 0.250. The lowest BCUT2D eigenvalue weighted by molar-refractivity contribution is -0.385. The van der Waals surface area contributed by atoms with Crippen molar-refractivity contribution in [2.45, 2.75) is 0 Å². The molecule has 0 saturated heterocycles. The van der Waals surface area contributed by atoms with Crippen molar-refractivity contribution in [1.29, 1.82) is 0 Å². The zero-order valence-electron chi connectivity index (χ0n) is 11.1. The number of methoxy groups -OCH3 is 3. The Morgan fingerprint density at radius 3 is 2.25 bits per heavy atom. The van der Waals surface area contributed by atoms with E-state index < -0.39 is 10.9 Å². The molecule has 8 nitrogen and oxygen atoms in total. The van der Waals surface area contributed by atoms with Crippen LogP contribution in [0.5, 0.6) is 17.2 Å². The number of hydrogen-bond donors (Lipinski definition) is 1. The Morgan fingerprint density at radius 2 is 1.85 bits per heavy atom. The highest BCUT2D eigenvalue weighted by molar-refractivity contribution is 5.88. The summed E-state index contributed by atoms with van der Waals surface area (Å²) in [5.74, 6) is -0.957. The summed E-state index contributed by atoms with van der Waals surface area (Å²) in [7, 11) is 3.96. The molecule has 1 rings (SSSR count). The van der Waals surface area contributed by atoms with Crippen LogP contribution in [0, 0.1) is 10.1 Å². The number of nitro groups is 1. The van der Waals surface area contributed by atoms with Gasteiger partial charge in [0.05, 0.1) is 37.9 Å². The number of carboxylic acids is 1. The highest BCUT2D eigenvalue weighted by atomic mass is 16.6. The van der Waals surface area contributed by atoms with Crippen molar-refractivity contribution in [3.05, 3.63) is 27.8 Å². The van der Waals surface area contributed by atoms with Crippen molar-refractivity contribution in [2.24, 2.45) is 0 Å². The number of aliphatic carboxylic acids is 1. The molecule has 20 heavy (non-hydrogen) atoms. The van der Waals surface area contributed by atoms with Gasteiger partial charge in [-0.1, -0.05) is 0 Å². The number of carbonyl (C=O) groups is 1. The lowest BCUT2D eigenvalue weighted by atomic mass is 10.1. The monoisotopic (exact) mass is 283 g/mol.